The first-order chi connectivity index (χ1) is 11.0. The van der Waals surface area contributed by atoms with E-state index in [0.717, 1.165) is 29.6 Å². The highest BCUT2D eigenvalue weighted by molar-refractivity contribution is 7.98. The van der Waals surface area contributed by atoms with E-state index in [1.165, 1.54) is 10.5 Å². The van der Waals surface area contributed by atoms with Gasteiger partial charge in [0.25, 0.3) is 0 Å². The Morgan fingerprint density at radius 2 is 1.83 bits per heavy atom. The fourth-order valence-electron chi connectivity index (χ4n) is 2.55. The molecule has 0 fully saturated rings. The van der Waals surface area contributed by atoms with Crippen LogP contribution in [0.25, 0.3) is 0 Å². The van der Waals surface area contributed by atoms with Crippen molar-refractivity contribution in [3.63, 3.8) is 0 Å². The van der Waals surface area contributed by atoms with Crippen LogP contribution >= 0.6 is 11.8 Å². The Hall–Kier alpha value is -1.59. The zero-order valence-corrected chi connectivity index (χ0v) is 15.6. The molecule has 1 aromatic heterocycles. The second-order valence-corrected chi connectivity index (χ2v) is 6.35. The molecule has 4 nitrogen and oxygen atoms in total. The molecule has 0 aliphatic rings. The molecule has 0 aliphatic carbocycles. The molecule has 2 aromatic rings. The van der Waals surface area contributed by atoms with Crippen molar-refractivity contribution in [1.29, 1.82) is 0 Å². The number of nitrogens with zero attached hydrogens (tertiary/aromatic N) is 3. The van der Waals surface area contributed by atoms with Gasteiger partial charge in [0.1, 0.15) is 0 Å². The lowest BCUT2D eigenvalue weighted by molar-refractivity contribution is 0.119. The van der Waals surface area contributed by atoms with Crippen molar-refractivity contribution < 1.29 is 4.74 Å². The molecule has 1 unspecified atom stereocenters. The van der Waals surface area contributed by atoms with Crippen molar-refractivity contribution in [2.75, 3.05) is 24.8 Å². The molecular formula is C18H25N3OS. The minimum Gasteiger partial charge on any atom is -0.377 e. The highest BCUT2D eigenvalue weighted by Gasteiger charge is 2.16. The number of hydrogen-bond acceptors (Lipinski definition) is 5. The molecule has 1 atom stereocenters. The molecule has 23 heavy (non-hydrogen) atoms. The first kappa shape index (κ1) is 17.8. The largest absolute Gasteiger partial charge is 0.377 e. The van der Waals surface area contributed by atoms with E-state index in [1.807, 2.05) is 19.9 Å². The summed E-state index contributed by atoms with van der Waals surface area (Å²) in [6.45, 7) is 9.01. The minimum absolute atomic E-state index is 0.0856. The maximum absolute atomic E-state index is 5.43. The first-order valence-corrected chi connectivity index (χ1v) is 9.03. The van der Waals surface area contributed by atoms with E-state index in [-0.39, 0.29) is 6.10 Å². The molecule has 0 radical (unpaired) electrons. The lowest BCUT2D eigenvalue weighted by Crippen LogP contribution is -2.20. The number of rotatable bonds is 6. The SMILES string of the molecule is CCN(c1nc(C)cc(C)n1)c1ccc(C(C)OC)cc1SC. The summed E-state index contributed by atoms with van der Waals surface area (Å²) in [5.41, 5.74) is 4.29. The summed E-state index contributed by atoms with van der Waals surface area (Å²) >= 11 is 1.73. The zero-order valence-electron chi connectivity index (χ0n) is 14.8. The number of anilines is 2. The van der Waals surface area contributed by atoms with Crippen molar-refractivity contribution in [3.05, 3.63) is 41.2 Å². The maximum atomic E-state index is 5.43. The Kier molecular flexibility index (Phi) is 6.02. The van der Waals surface area contributed by atoms with E-state index >= 15 is 0 Å². The molecule has 0 saturated heterocycles. The molecule has 1 aromatic carbocycles. The summed E-state index contributed by atoms with van der Waals surface area (Å²) in [5.74, 6) is 0.757. The number of benzene rings is 1. The van der Waals surface area contributed by atoms with Gasteiger partial charge in [0.2, 0.25) is 5.95 Å². The third-order valence-corrected chi connectivity index (χ3v) is 4.61. The van der Waals surface area contributed by atoms with Gasteiger partial charge in [-0.15, -0.1) is 11.8 Å². The average molecular weight is 331 g/mol. The molecule has 124 valence electrons. The highest BCUT2D eigenvalue weighted by Crippen LogP contribution is 2.34. The molecule has 0 spiro atoms. The number of thioether (sulfide) groups is 1. The van der Waals surface area contributed by atoms with E-state index in [1.54, 1.807) is 18.9 Å². The second-order valence-electron chi connectivity index (χ2n) is 5.50. The van der Waals surface area contributed by atoms with Crippen LogP contribution in [-0.4, -0.2) is 29.9 Å². The van der Waals surface area contributed by atoms with Gasteiger partial charge in [-0.05, 0) is 57.7 Å². The standard InChI is InChI=1S/C18H25N3OS/c1-7-21(18-19-12(2)10-13(3)20-18)16-9-8-15(14(4)22-5)11-17(16)23-6/h8-11,14H,7H2,1-6H3. The Morgan fingerprint density at radius 1 is 1.17 bits per heavy atom. The lowest BCUT2D eigenvalue weighted by atomic mass is 10.1. The molecule has 0 bridgehead atoms. The molecule has 1 heterocycles. The van der Waals surface area contributed by atoms with Crippen molar-refractivity contribution >= 4 is 23.4 Å². The van der Waals surface area contributed by atoms with Crippen LogP contribution in [0.5, 0.6) is 0 Å². The summed E-state index contributed by atoms with van der Waals surface area (Å²) in [6, 6.07) is 8.45. The summed E-state index contributed by atoms with van der Waals surface area (Å²) < 4.78 is 5.43. The van der Waals surface area contributed by atoms with Crippen LogP contribution in [0.3, 0.4) is 0 Å². The van der Waals surface area contributed by atoms with Crippen molar-refractivity contribution in [2.24, 2.45) is 0 Å². The topological polar surface area (TPSA) is 38.2 Å². The Bertz CT molecular complexity index is 655. The van der Waals surface area contributed by atoms with Crippen LogP contribution in [0.4, 0.5) is 11.6 Å². The first-order valence-electron chi connectivity index (χ1n) is 7.80. The number of aromatic nitrogens is 2. The molecule has 5 heteroatoms. The van der Waals surface area contributed by atoms with Crippen molar-refractivity contribution in [1.82, 2.24) is 9.97 Å². The second kappa shape index (κ2) is 7.79. The van der Waals surface area contributed by atoms with Gasteiger partial charge in [0, 0.05) is 29.9 Å². The van der Waals surface area contributed by atoms with Crippen LogP contribution in [-0.2, 0) is 4.74 Å². The van der Waals surface area contributed by atoms with Crippen LogP contribution < -0.4 is 4.90 Å². The van der Waals surface area contributed by atoms with Gasteiger partial charge in [-0.25, -0.2) is 9.97 Å². The van der Waals surface area contributed by atoms with E-state index in [2.05, 4.69) is 53.2 Å². The summed E-state index contributed by atoms with van der Waals surface area (Å²) in [4.78, 5) is 12.6. The van der Waals surface area contributed by atoms with Gasteiger partial charge in [-0.1, -0.05) is 6.07 Å². The van der Waals surface area contributed by atoms with Gasteiger partial charge in [-0.2, -0.15) is 0 Å². The quantitative estimate of drug-likeness (QED) is 0.719. The van der Waals surface area contributed by atoms with E-state index in [9.17, 15) is 0 Å². The fourth-order valence-corrected chi connectivity index (χ4v) is 3.19. The van der Waals surface area contributed by atoms with E-state index in [4.69, 9.17) is 4.74 Å². The highest BCUT2D eigenvalue weighted by atomic mass is 32.2. The van der Waals surface area contributed by atoms with Gasteiger partial charge >= 0.3 is 0 Å². The Balaban J connectivity index is 2.48. The predicted octanol–water partition coefficient (Wildman–Crippen LogP) is 4.68. The number of ether oxygens (including phenoxy) is 1. The fraction of sp³-hybridized carbons (Fsp3) is 0.444. The minimum atomic E-state index is 0.0856. The van der Waals surface area contributed by atoms with Crippen molar-refractivity contribution in [3.8, 4) is 0 Å². The molecule has 0 saturated carbocycles. The smallest absolute Gasteiger partial charge is 0.230 e. The molecule has 0 aliphatic heterocycles. The van der Waals surface area contributed by atoms with Crippen LogP contribution in [0.2, 0.25) is 0 Å². The summed E-state index contributed by atoms with van der Waals surface area (Å²) in [6.07, 6.45) is 2.18. The Morgan fingerprint density at radius 3 is 2.35 bits per heavy atom. The summed E-state index contributed by atoms with van der Waals surface area (Å²) in [5, 5.41) is 0. The van der Waals surface area contributed by atoms with Crippen LogP contribution in [0, 0.1) is 13.8 Å². The van der Waals surface area contributed by atoms with E-state index in [0.29, 0.717) is 0 Å². The van der Waals surface area contributed by atoms with Gasteiger partial charge in [0.05, 0.1) is 11.8 Å². The van der Waals surface area contributed by atoms with Crippen LogP contribution in [0.15, 0.2) is 29.2 Å². The van der Waals surface area contributed by atoms with Gasteiger partial charge < -0.3 is 9.64 Å². The number of hydrogen-bond donors (Lipinski definition) is 0. The number of aryl methyl sites for hydroxylation is 2. The molecule has 2 rings (SSSR count). The Labute approximate surface area is 143 Å². The lowest BCUT2D eigenvalue weighted by Gasteiger charge is -2.25. The molecular weight excluding hydrogens is 306 g/mol. The monoisotopic (exact) mass is 331 g/mol. The number of methoxy groups -OCH3 is 1. The normalized spacial score (nSPS) is 12.3. The summed E-state index contributed by atoms with van der Waals surface area (Å²) in [7, 11) is 1.74. The maximum Gasteiger partial charge on any atom is 0.230 e. The van der Waals surface area contributed by atoms with Crippen LogP contribution in [0.1, 0.15) is 36.9 Å². The van der Waals surface area contributed by atoms with Crippen molar-refractivity contribution in [2.45, 2.75) is 38.7 Å². The van der Waals surface area contributed by atoms with E-state index < -0.39 is 0 Å². The molecule has 0 N–H and O–H groups in total. The zero-order chi connectivity index (χ0) is 17.0. The predicted molar refractivity (Wildman–Crippen MR) is 97.8 cm³/mol. The van der Waals surface area contributed by atoms with Gasteiger partial charge in [-0.3, -0.25) is 0 Å². The third-order valence-electron chi connectivity index (χ3n) is 3.85. The van der Waals surface area contributed by atoms with Gasteiger partial charge in [0.15, 0.2) is 0 Å². The molecule has 0 amide bonds. The average Bonchev–Trinajstić information content (AvgIpc) is 2.54. The third kappa shape index (κ3) is 4.03.